The monoisotopic (exact) mass is 220 g/mol. The van der Waals surface area contributed by atoms with Crippen LogP contribution in [0.15, 0.2) is 0 Å². The van der Waals surface area contributed by atoms with Gasteiger partial charge < -0.3 is 10.2 Å². The highest BCUT2D eigenvalue weighted by molar-refractivity contribution is 5.94. The molecule has 0 saturated heterocycles. The molecule has 0 aromatic heterocycles. The first-order valence-electron chi connectivity index (χ1n) is 5.61. The van der Waals surface area contributed by atoms with Crippen LogP contribution in [0, 0.1) is 13.8 Å². The summed E-state index contributed by atoms with van der Waals surface area (Å²) in [5, 5.41) is 19.0. The fourth-order valence-corrected chi connectivity index (χ4v) is 2.65. The van der Waals surface area contributed by atoms with Crippen molar-refractivity contribution in [1.29, 1.82) is 0 Å². The maximum absolute atomic E-state index is 11.1. The summed E-state index contributed by atoms with van der Waals surface area (Å²) in [4.78, 5) is 11.1. The number of carbonyl (C=O) groups is 1. The van der Waals surface area contributed by atoms with Gasteiger partial charge in [0.15, 0.2) is 0 Å². The zero-order valence-corrected chi connectivity index (χ0v) is 9.63. The van der Waals surface area contributed by atoms with Crippen molar-refractivity contribution < 1.29 is 15.0 Å². The fraction of sp³-hybridized carbons (Fsp3) is 0.462. The molecule has 0 atom stereocenters. The van der Waals surface area contributed by atoms with Gasteiger partial charge in [0.25, 0.3) is 0 Å². The van der Waals surface area contributed by atoms with E-state index in [2.05, 4.69) is 0 Å². The first kappa shape index (κ1) is 11.0. The fourth-order valence-electron chi connectivity index (χ4n) is 2.65. The lowest BCUT2D eigenvalue weighted by molar-refractivity contribution is 0.0692. The molecule has 0 bridgehead atoms. The van der Waals surface area contributed by atoms with Gasteiger partial charge in [0.1, 0.15) is 11.3 Å². The Morgan fingerprint density at radius 3 is 2.06 bits per heavy atom. The van der Waals surface area contributed by atoms with Crippen LogP contribution >= 0.6 is 0 Å². The molecular weight excluding hydrogens is 204 g/mol. The number of hydrogen-bond acceptors (Lipinski definition) is 2. The van der Waals surface area contributed by atoms with Crippen LogP contribution in [0.1, 0.15) is 45.5 Å². The van der Waals surface area contributed by atoms with E-state index in [0.717, 1.165) is 47.9 Å². The molecule has 86 valence electrons. The molecule has 0 heterocycles. The summed E-state index contributed by atoms with van der Waals surface area (Å²) in [5.41, 5.74) is 3.87. The number of fused-ring (bicyclic) bond motifs is 1. The number of aromatic hydroxyl groups is 1. The Bertz CT molecular complexity index is 461. The standard InChI is InChI=1S/C13H16O3/c1-7-9-5-3-4-6-10(9)8(2)12(14)11(7)13(15)16/h14H,3-6H2,1-2H3,(H,15,16). The molecule has 0 saturated carbocycles. The summed E-state index contributed by atoms with van der Waals surface area (Å²) >= 11 is 0. The molecule has 16 heavy (non-hydrogen) atoms. The molecule has 0 radical (unpaired) electrons. The van der Waals surface area contributed by atoms with Gasteiger partial charge in [-0.05, 0) is 61.8 Å². The van der Waals surface area contributed by atoms with Crippen LogP contribution in [0.2, 0.25) is 0 Å². The van der Waals surface area contributed by atoms with E-state index >= 15 is 0 Å². The third kappa shape index (κ3) is 1.47. The summed E-state index contributed by atoms with van der Waals surface area (Å²) in [6, 6.07) is 0. The van der Waals surface area contributed by atoms with Crippen LogP contribution in [0.3, 0.4) is 0 Å². The highest BCUT2D eigenvalue weighted by Crippen LogP contribution is 2.36. The second-order valence-corrected chi connectivity index (χ2v) is 4.44. The van der Waals surface area contributed by atoms with E-state index in [0.29, 0.717) is 0 Å². The normalized spacial score (nSPS) is 14.6. The maximum Gasteiger partial charge on any atom is 0.339 e. The smallest absolute Gasteiger partial charge is 0.339 e. The van der Waals surface area contributed by atoms with Crippen LogP contribution in [0.25, 0.3) is 0 Å². The SMILES string of the molecule is Cc1c(O)c(C(=O)O)c(C)c2c1CCCC2. The zero-order chi connectivity index (χ0) is 11.9. The second kappa shape index (κ2) is 3.81. The van der Waals surface area contributed by atoms with Gasteiger partial charge in [-0.25, -0.2) is 4.79 Å². The van der Waals surface area contributed by atoms with Gasteiger partial charge in [0.2, 0.25) is 0 Å². The van der Waals surface area contributed by atoms with Crippen molar-refractivity contribution in [2.75, 3.05) is 0 Å². The van der Waals surface area contributed by atoms with Crippen molar-refractivity contribution in [2.24, 2.45) is 0 Å². The highest BCUT2D eigenvalue weighted by atomic mass is 16.4. The minimum atomic E-state index is -1.04. The number of phenols is 1. The van der Waals surface area contributed by atoms with Crippen LogP contribution in [0.4, 0.5) is 0 Å². The quantitative estimate of drug-likeness (QED) is 0.764. The van der Waals surface area contributed by atoms with E-state index in [1.165, 1.54) is 0 Å². The van der Waals surface area contributed by atoms with Crippen LogP contribution in [0.5, 0.6) is 5.75 Å². The number of carboxylic acids is 1. The summed E-state index contributed by atoms with van der Waals surface area (Å²) in [6.45, 7) is 3.61. The Labute approximate surface area is 94.7 Å². The first-order valence-corrected chi connectivity index (χ1v) is 5.61. The van der Waals surface area contributed by atoms with Gasteiger partial charge in [0, 0.05) is 0 Å². The molecule has 1 aromatic carbocycles. The van der Waals surface area contributed by atoms with Gasteiger partial charge >= 0.3 is 5.97 Å². The Balaban J connectivity index is 2.75. The van der Waals surface area contributed by atoms with Crippen molar-refractivity contribution in [3.8, 4) is 5.75 Å². The van der Waals surface area contributed by atoms with Crippen LogP contribution in [-0.2, 0) is 12.8 Å². The third-order valence-electron chi connectivity index (χ3n) is 3.55. The van der Waals surface area contributed by atoms with Crippen molar-refractivity contribution in [1.82, 2.24) is 0 Å². The average Bonchev–Trinajstić information content (AvgIpc) is 2.26. The average molecular weight is 220 g/mol. The topological polar surface area (TPSA) is 57.5 Å². The molecule has 1 aromatic rings. The summed E-state index contributed by atoms with van der Waals surface area (Å²) in [6.07, 6.45) is 4.12. The Kier molecular flexibility index (Phi) is 2.62. The Morgan fingerprint density at radius 1 is 1.06 bits per heavy atom. The number of carboxylic acid groups (broad SMARTS) is 1. The van der Waals surface area contributed by atoms with Crippen molar-refractivity contribution in [2.45, 2.75) is 39.5 Å². The van der Waals surface area contributed by atoms with Crippen LogP contribution < -0.4 is 0 Å². The summed E-state index contributed by atoms with van der Waals surface area (Å²) in [7, 11) is 0. The summed E-state index contributed by atoms with van der Waals surface area (Å²) < 4.78 is 0. The first-order chi connectivity index (χ1) is 7.54. The third-order valence-corrected chi connectivity index (χ3v) is 3.55. The molecule has 3 heteroatoms. The van der Waals surface area contributed by atoms with Crippen LogP contribution in [-0.4, -0.2) is 16.2 Å². The molecule has 2 rings (SSSR count). The Morgan fingerprint density at radius 2 is 1.56 bits per heavy atom. The molecule has 0 amide bonds. The molecule has 1 aliphatic carbocycles. The van der Waals surface area contributed by atoms with Crippen molar-refractivity contribution in [3.63, 3.8) is 0 Å². The van der Waals surface area contributed by atoms with E-state index in [-0.39, 0.29) is 11.3 Å². The lowest BCUT2D eigenvalue weighted by atomic mass is 9.83. The molecule has 3 nitrogen and oxygen atoms in total. The number of aromatic carboxylic acids is 1. The number of hydrogen-bond donors (Lipinski definition) is 2. The lowest BCUT2D eigenvalue weighted by Gasteiger charge is -2.23. The van der Waals surface area contributed by atoms with Crippen molar-refractivity contribution in [3.05, 3.63) is 27.8 Å². The minimum absolute atomic E-state index is 0.0503. The molecule has 0 fully saturated rings. The molecule has 1 aliphatic rings. The van der Waals surface area contributed by atoms with Crippen molar-refractivity contribution >= 4 is 5.97 Å². The molecule has 0 unspecified atom stereocenters. The largest absolute Gasteiger partial charge is 0.507 e. The minimum Gasteiger partial charge on any atom is -0.507 e. The summed E-state index contributed by atoms with van der Waals surface area (Å²) in [5.74, 6) is -1.09. The van der Waals surface area contributed by atoms with Gasteiger partial charge in [-0.2, -0.15) is 0 Å². The van der Waals surface area contributed by atoms with E-state index in [1.54, 1.807) is 6.92 Å². The van der Waals surface area contributed by atoms with Gasteiger partial charge in [-0.1, -0.05) is 0 Å². The molecule has 2 N–H and O–H groups in total. The van der Waals surface area contributed by atoms with Gasteiger partial charge in [0.05, 0.1) is 0 Å². The molecule has 0 spiro atoms. The van der Waals surface area contributed by atoms with E-state index < -0.39 is 5.97 Å². The highest BCUT2D eigenvalue weighted by Gasteiger charge is 2.24. The predicted octanol–water partition coefficient (Wildman–Crippen LogP) is 2.59. The second-order valence-electron chi connectivity index (χ2n) is 4.44. The van der Waals surface area contributed by atoms with E-state index in [9.17, 15) is 9.90 Å². The van der Waals surface area contributed by atoms with Gasteiger partial charge in [-0.3, -0.25) is 0 Å². The number of benzene rings is 1. The molecular formula is C13H16O3. The zero-order valence-electron chi connectivity index (χ0n) is 9.63. The molecule has 0 aliphatic heterocycles. The predicted molar refractivity (Wildman–Crippen MR) is 61.2 cm³/mol. The van der Waals surface area contributed by atoms with Gasteiger partial charge in [-0.15, -0.1) is 0 Å². The lowest BCUT2D eigenvalue weighted by Crippen LogP contribution is -2.12. The maximum atomic E-state index is 11.1. The van der Waals surface area contributed by atoms with E-state index in [4.69, 9.17) is 5.11 Å². The Hall–Kier alpha value is -1.51. The van der Waals surface area contributed by atoms with E-state index in [1.807, 2.05) is 6.92 Å². The number of rotatable bonds is 1.